The third kappa shape index (κ3) is 5.97. The molecule has 1 aliphatic carbocycles. The van der Waals surface area contributed by atoms with Crippen LogP contribution in [0.1, 0.15) is 29.5 Å². The van der Waals surface area contributed by atoms with E-state index in [1.807, 2.05) is 42.1 Å². The normalized spacial score (nSPS) is 22.3. The van der Waals surface area contributed by atoms with E-state index in [-0.39, 0.29) is 28.9 Å². The molecule has 3 aromatic rings. The Kier molecular flexibility index (Phi) is 8.95. The molecule has 2 saturated heterocycles. The largest absolute Gasteiger partial charge is 0.489 e. The Morgan fingerprint density at radius 1 is 1.12 bits per heavy atom. The number of fused-ring (bicyclic) bond motifs is 3. The van der Waals surface area contributed by atoms with E-state index in [0.717, 1.165) is 30.6 Å². The molecule has 212 valence electrons. The van der Waals surface area contributed by atoms with Gasteiger partial charge in [0, 0.05) is 27.0 Å². The first-order valence-corrected chi connectivity index (χ1v) is 14.7. The molecular weight excluding hydrogens is 583 g/mol. The number of amides is 1. The predicted octanol–water partition coefficient (Wildman–Crippen LogP) is 5.98. The van der Waals surface area contributed by atoms with E-state index in [4.69, 9.17) is 42.3 Å². The van der Waals surface area contributed by atoms with Gasteiger partial charge in [0.1, 0.15) is 25.0 Å². The molecule has 2 heterocycles. The van der Waals surface area contributed by atoms with Crippen LogP contribution in [0.2, 0.25) is 10.0 Å². The van der Waals surface area contributed by atoms with Crippen LogP contribution in [-0.2, 0) is 36.9 Å². The lowest BCUT2D eigenvalue weighted by atomic mass is 9.78. The summed E-state index contributed by atoms with van der Waals surface area (Å²) in [5.74, 6) is 1.34. The first-order chi connectivity index (χ1) is 19.9. The smallest absolute Gasteiger partial charge is 0.373 e. The second-order valence-electron chi connectivity index (χ2n) is 9.96. The zero-order valence-electron chi connectivity index (χ0n) is 22.1. The fourth-order valence-electron chi connectivity index (χ4n) is 5.89. The summed E-state index contributed by atoms with van der Waals surface area (Å²) < 4.78 is 11.4. The molecule has 7 nitrogen and oxygen atoms in total. The zero-order chi connectivity index (χ0) is 29.0. The Labute approximate surface area is 252 Å². The van der Waals surface area contributed by atoms with E-state index >= 15 is 0 Å². The van der Waals surface area contributed by atoms with Crippen molar-refractivity contribution in [2.45, 2.75) is 47.6 Å². The maximum atomic E-state index is 13.6. The fourth-order valence-corrected chi connectivity index (χ4v) is 8.00. The van der Waals surface area contributed by atoms with Crippen molar-refractivity contribution in [1.29, 1.82) is 0 Å². The lowest BCUT2D eigenvalue weighted by molar-refractivity contribution is -0.191. The number of nitrogens with zero attached hydrogens (tertiary/aromatic N) is 1. The third-order valence-corrected chi connectivity index (χ3v) is 9.96. The highest BCUT2D eigenvalue weighted by atomic mass is 35.5. The molecule has 0 saturated carbocycles. The molecule has 0 radical (unpaired) electrons. The highest BCUT2D eigenvalue weighted by Crippen LogP contribution is 2.56. The van der Waals surface area contributed by atoms with Gasteiger partial charge in [0.2, 0.25) is 5.91 Å². The van der Waals surface area contributed by atoms with Crippen LogP contribution in [0.15, 0.2) is 84.1 Å². The van der Waals surface area contributed by atoms with Crippen LogP contribution < -0.4 is 10.1 Å². The van der Waals surface area contributed by atoms with Gasteiger partial charge in [0.05, 0.1) is 10.8 Å². The lowest BCUT2D eigenvalue weighted by Crippen LogP contribution is -2.51. The van der Waals surface area contributed by atoms with Crippen LogP contribution in [0.25, 0.3) is 0 Å². The second-order valence-corrected chi connectivity index (χ2v) is 12.2. The molecule has 3 aliphatic rings. The Morgan fingerprint density at radius 2 is 1.85 bits per heavy atom. The topological polar surface area (TPSA) is 84.9 Å². The highest BCUT2D eigenvalue weighted by molar-refractivity contribution is 8.00. The quantitative estimate of drug-likeness (QED) is 0.367. The molecule has 0 aromatic heterocycles. The molecule has 2 fully saturated rings. The monoisotopic (exact) mass is 610 g/mol. The van der Waals surface area contributed by atoms with Gasteiger partial charge in [0.15, 0.2) is 5.88 Å². The molecule has 0 spiro atoms. The van der Waals surface area contributed by atoms with Crippen molar-refractivity contribution in [3.63, 3.8) is 0 Å². The van der Waals surface area contributed by atoms with Gasteiger partial charge >= 0.3 is 6.15 Å². The Hall–Kier alpha value is -3.42. The number of nitrogens with one attached hydrogen (secondary N) is 1. The zero-order valence-corrected chi connectivity index (χ0v) is 24.4. The highest BCUT2D eigenvalue weighted by Gasteiger charge is 2.54. The molecule has 3 unspecified atom stereocenters. The number of benzene rings is 3. The van der Waals surface area contributed by atoms with Crippen LogP contribution in [0.4, 0.5) is 0 Å². The maximum Gasteiger partial charge on any atom is 0.373 e. The molecule has 3 aromatic carbocycles. The summed E-state index contributed by atoms with van der Waals surface area (Å²) in [7, 11) is 0. The number of carbonyl (C=O) groups is 1. The molecule has 1 amide bonds. The van der Waals surface area contributed by atoms with Crippen LogP contribution in [0.5, 0.6) is 5.75 Å². The lowest BCUT2D eigenvalue weighted by Gasteiger charge is -2.43. The van der Waals surface area contributed by atoms with Crippen molar-refractivity contribution in [3.05, 3.63) is 106 Å². The summed E-state index contributed by atoms with van der Waals surface area (Å²) in [5, 5.41) is 4.29. The first kappa shape index (κ1) is 29.1. The molecule has 0 bridgehead atoms. The van der Waals surface area contributed by atoms with Crippen molar-refractivity contribution in [1.82, 2.24) is 10.2 Å². The van der Waals surface area contributed by atoms with Crippen molar-refractivity contribution in [2.75, 3.05) is 13.2 Å². The second kappa shape index (κ2) is 12.6. The minimum absolute atomic E-state index is 0.0806. The summed E-state index contributed by atoms with van der Waals surface area (Å²) >= 11 is 14.6. The number of likely N-dealkylation sites (tertiary alicyclic amines) is 1. The number of ether oxygens (including phenoxy) is 2. The van der Waals surface area contributed by atoms with Gasteiger partial charge in [-0.25, -0.2) is 0 Å². The van der Waals surface area contributed by atoms with Gasteiger partial charge in [-0.1, -0.05) is 53.5 Å². The Morgan fingerprint density at radius 3 is 2.54 bits per heavy atom. The minimum atomic E-state index is -0.381. The molecule has 1 N–H and O–H groups in total. The van der Waals surface area contributed by atoms with Gasteiger partial charge in [-0.3, -0.25) is 4.79 Å². The van der Waals surface area contributed by atoms with E-state index in [1.54, 1.807) is 0 Å². The average molecular weight is 612 g/mol. The first-order valence-electron chi connectivity index (χ1n) is 13.2. The molecule has 2 aliphatic heterocycles. The van der Waals surface area contributed by atoms with Gasteiger partial charge in [-0.15, -0.1) is 11.8 Å². The molecule has 3 atom stereocenters. The maximum absolute atomic E-state index is 13.6. The van der Waals surface area contributed by atoms with Gasteiger partial charge in [-0.05, 0) is 73.4 Å². The molecule has 10 heteroatoms. The summed E-state index contributed by atoms with van der Waals surface area (Å²) in [4.78, 5) is 33.1. The van der Waals surface area contributed by atoms with Crippen LogP contribution >= 0.6 is 35.0 Å². The van der Waals surface area contributed by atoms with Crippen molar-refractivity contribution in [3.8, 4) is 5.75 Å². The van der Waals surface area contributed by atoms with Gasteiger partial charge in [0.25, 0.3) is 0 Å². The summed E-state index contributed by atoms with van der Waals surface area (Å²) in [5.41, 5.74) is 3.32. The van der Waals surface area contributed by atoms with E-state index < -0.39 is 0 Å². The molecule has 41 heavy (non-hydrogen) atoms. The standard InChI is InChI=1S/C30H28Cl2N2O3S.CO2/c1-19-33-27(18-36-19)29(35)34-15-14-30(38-22-6-3-2-4-7-22)24-12-11-21(16-20(24)10-13-28(30)34)37-17-23-25(31)8-5-9-26(23)32;2-1-3/h2-9,11-12,16,27-28,33H,1,10,13-15,17-18H2;. The molecular formula is C31H28Cl2N2O5S. The number of hydrogen-bond donors (Lipinski definition) is 1. The number of aryl methyl sites for hydroxylation is 1. The minimum Gasteiger partial charge on any atom is -0.489 e. The summed E-state index contributed by atoms with van der Waals surface area (Å²) in [6.45, 7) is 5.14. The number of rotatable bonds is 6. The van der Waals surface area contributed by atoms with Crippen LogP contribution in [0, 0.1) is 0 Å². The van der Waals surface area contributed by atoms with E-state index in [1.165, 1.54) is 16.0 Å². The Balaban J connectivity index is 0.00000108. The average Bonchev–Trinajstić information content (AvgIpc) is 3.57. The fraction of sp³-hybridized carbons (Fsp3) is 0.290. The SMILES string of the molecule is C=C1NC(C(=O)N2CCC3(Sc4ccccc4)c4ccc(OCc5c(Cl)cccc5Cl)cc4CCC23)CO1.O=C=O. The van der Waals surface area contributed by atoms with Crippen LogP contribution in [0.3, 0.4) is 0 Å². The predicted molar refractivity (Wildman–Crippen MR) is 157 cm³/mol. The van der Waals surface area contributed by atoms with Crippen molar-refractivity contribution < 1.29 is 23.9 Å². The number of carbonyl (C=O) groups excluding carboxylic acids is 3. The van der Waals surface area contributed by atoms with Crippen LogP contribution in [-0.4, -0.2) is 42.2 Å². The number of halogens is 2. The Bertz CT molecular complexity index is 1460. The third-order valence-electron chi connectivity index (χ3n) is 7.69. The van der Waals surface area contributed by atoms with E-state index in [2.05, 4.69) is 53.2 Å². The van der Waals surface area contributed by atoms with E-state index in [0.29, 0.717) is 35.7 Å². The van der Waals surface area contributed by atoms with Crippen molar-refractivity contribution in [2.24, 2.45) is 0 Å². The van der Waals surface area contributed by atoms with Crippen molar-refractivity contribution >= 4 is 47.0 Å². The van der Waals surface area contributed by atoms with Gasteiger partial charge < -0.3 is 19.7 Å². The molecule has 6 rings (SSSR count). The summed E-state index contributed by atoms with van der Waals surface area (Å²) in [6.07, 6.45) is 2.87. The van der Waals surface area contributed by atoms with Gasteiger partial charge in [-0.2, -0.15) is 9.59 Å². The number of thioether (sulfide) groups is 1. The summed E-state index contributed by atoms with van der Waals surface area (Å²) in [6, 6.07) is 22.0. The number of hydrogen-bond acceptors (Lipinski definition) is 7. The van der Waals surface area contributed by atoms with E-state index in [9.17, 15) is 4.79 Å².